The lowest BCUT2D eigenvalue weighted by atomic mass is 10.1. The summed E-state index contributed by atoms with van der Waals surface area (Å²) in [6.07, 6.45) is 0. The van der Waals surface area contributed by atoms with Crippen molar-refractivity contribution in [1.29, 1.82) is 0 Å². The third-order valence-electron chi connectivity index (χ3n) is 4.24. The van der Waals surface area contributed by atoms with Gasteiger partial charge in [-0.15, -0.1) is 11.3 Å². The molecule has 2 heterocycles. The minimum Gasteiger partial charge on any atom is -0.360 e. The molecule has 2 aromatic heterocycles. The number of hydrogen-bond acceptors (Lipinski definition) is 7. The van der Waals surface area contributed by atoms with Crippen LogP contribution >= 0.6 is 22.9 Å². The lowest BCUT2D eigenvalue weighted by Crippen LogP contribution is -2.13. The van der Waals surface area contributed by atoms with E-state index in [4.69, 9.17) is 16.1 Å². The fourth-order valence-electron chi connectivity index (χ4n) is 2.72. The number of nitrogens with zero attached hydrogens (tertiary/aromatic N) is 2. The molecule has 0 amide bonds. The van der Waals surface area contributed by atoms with Crippen molar-refractivity contribution in [3.8, 4) is 11.3 Å². The monoisotopic (exact) mass is 460 g/mol. The third-order valence-corrected chi connectivity index (χ3v) is 6.79. The summed E-state index contributed by atoms with van der Waals surface area (Å²) in [5.41, 5.74) is 3.53. The Kier molecular flexibility index (Phi) is 5.50. The number of anilines is 3. The van der Waals surface area contributed by atoms with Gasteiger partial charge in [0.2, 0.25) is 0 Å². The minimum absolute atomic E-state index is 0.116. The second kappa shape index (κ2) is 8.10. The van der Waals surface area contributed by atoms with Crippen LogP contribution in [0.15, 0.2) is 63.3 Å². The summed E-state index contributed by atoms with van der Waals surface area (Å²) in [6.45, 7) is 3.63. The molecule has 0 atom stereocenters. The first-order valence-corrected chi connectivity index (χ1v) is 11.6. The molecule has 0 fully saturated rings. The second-order valence-electron chi connectivity index (χ2n) is 6.58. The third kappa shape index (κ3) is 4.48. The molecule has 0 radical (unpaired) electrons. The fraction of sp³-hybridized carbons (Fsp3) is 0.100. The van der Waals surface area contributed by atoms with Crippen LogP contribution in [0.3, 0.4) is 0 Å². The summed E-state index contributed by atoms with van der Waals surface area (Å²) in [4.78, 5) is 4.71. The summed E-state index contributed by atoms with van der Waals surface area (Å²) >= 11 is 7.54. The highest BCUT2D eigenvalue weighted by atomic mass is 35.5. The van der Waals surface area contributed by atoms with Crippen LogP contribution in [0.4, 0.5) is 16.6 Å². The van der Waals surface area contributed by atoms with Gasteiger partial charge in [-0.2, -0.15) is 0 Å². The first-order valence-electron chi connectivity index (χ1n) is 8.85. The first-order chi connectivity index (χ1) is 14.3. The van der Waals surface area contributed by atoms with Crippen LogP contribution in [0.25, 0.3) is 11.3 Å². The van der Waals surface area contributed by atoms with Crippen LogP contribution in [0.1, 0.15) is 11.3 Å². The lowest BCUT2D eigenvalue weighted by molar-refractivity contribution is 0.400. The molecule has 2 N–H and O–H groups in total. The number of sulfonamides is 1. The van der Waals surface area contributed by atoms with Crippen LogP contribution in [-0.2, 0) is 10.0 Å². The maximum absolute atomic E-state index is 12.5. The van der Waals surface area contributed by atoms with E-state index in [-0.39, 0.29) is 10.7 Å². The van der Waals surface area contributed by atoms with Gasteiger partial charge in [0.15, 0.2) is 10.9 Å². The van der Waals surface area contributed by atoms with Crippen molar-refractivity contribution in [1.82, 2.24) is 10.1 Å². The van der Waals surface area contributed by atoms with Gasteiger partial charge in [0.1, 0.15) is 5.76 Å². The first kappa shape index (κ1) is 20.4. The Labute approximate surface area is 182 Å². The molecule has 0 bridgehead atoms. The normalized spacial score (nSPS) is 11.4. The Balaban J connectivity index is 1.47. The summed E-state index contributed by atoms with van der Waals surface area (Å²) in [6, 6.07) is 13.7. The maximum atomic E-state index is 12.5. The Morgan fingerprint density at radius 1 is 1.07 bits per heavy atom. The molecule has 0 aliphatic rings. The molecular formula is C20H17ClN4O3S2. The van der Waals surface area contributed by atoms with Crippen molar-refractivity contribution in [2.45, 2.75) is 18.7 Å². The number of aryl methyl sites for hydroxylation is 2. The minimum atomic E-state index is -3.75. The van der Waals surface area contributed by atoms with E-state index < -0.39 is 10.0 Å². The van der Waals surface area contributed by atoms with Crippen LogP contribution in [0.2, 0.25) is 5.02 Å². The average molecular weight is 461 g/mol. The van der Waals surface area contributed by atoms with Gasteiger partial charge in [0.25, 0.3) is 10.0 Å². The Bertz CT molecular complexity index is 1300. The molecule has 7 nitrogen and oxygen atoms in total. The van der Waals surface area contributed by atoms with Gasteiger partial charge in [-0.25, -0.2) is 13.4 Å². The van der Waals surface area contributed by atoms with Crippen molar-refractivity contribution in [2.24, 2.45) is 0 Å². The highest BCUT2D eigenvalue weighted by molar-refractivity contribution is 7.92. The predicted molar refractivity (Wildman–Crippen MR) is 119 cm³/mol. The molecule has 0 aliphatic carbocycles. The van der Waals surface area contributed by atoms with Crippen molar-refractivity contribution in [2.75, 3.05) is 10.0 Å². The Morgan fingerprint density at radius 3 is 2.50 bits per heavy atom. The molecule has 10 heteroatoms. The summed E-state index contributed by atoms with van der Waals surface area (Å²) in [7, 11) is -3.75. The number of hydrogen-bond donors (Lipinski definition) is 2. The fourth-order valence-corrected chi connectivity index (χ4v) is 4.56. The molecule has 0 spiro atoms. The van der Waals surface area contributed by atoms with Crippen molar-refractivity contribution < 1.29 is 12.9 Å². The Hall–Kier alpha value is -2.88. The molecule has 4 aromatic rings. The van der Waals surface area contributed by atoms with Crippen LogP contribution in [0, 0.1) is 13.8 Å². The van der Waals surface area contributed by atoms with Gasteiger partial charge in [-0.3, -0.25) is 4.72 Å². The van der Waals surface area contributed by atoms with E-state index in [9.17, 15) is 8.42 Å². The number of halogens is 1. The predicted octanol–water partition coefficient (Wildman–Crippen LogP) is 5.61. The molecule has 0 saturated heterocycles. The van der Waals surface area contributed by atoms with Crippen LogP contribution < -0.4 is 10.0 Å². The van der Waals surface area contributed by atoms with E-state index in [0.29, 0.717) is 10.9 Å². The topological polar surface area (TPSA) is 97.1 Å². The zero-order valence-electron chi connectivity index (χ0n) is 16.0. The molecule has 2 aromatic carbocycles. The van der Waals surface area contributed by atoms with Crippen LogP contribution in [-0.4, -0.2) is 18.6 Å². The Morgan fingerprint density at radius 2 is 1.83 bits per heavy atom. The molecule has 0 saturated carbocycles. The summed E-state index contributed by atoms with van der Waals surface area (Å²) < 4.78 is 32.2. The highest BCUT2D eigenvalue weighted by Gasteiger charge is 2.16. The molecule has 0 aliphatic heterocycles. The van der Waals surface area contributed by atoms with Crippen molar-refractivity contribution >= 4 is 49.6 Å². The zero-order valence-corrected chi connectivity index (χ0v) is 18.4. The number of aromatic nitrogens is 2. The molecule has 0 unspecified atom stereocenters. The number of nitrogens with one attached hydrogen (secondary N) is 2. The SMILES string of the molecule is Cc1cc(NS(=O)(=O)c2ccc(Nc3nc(-c4ccc(Cl)c(C)c4)cs3)cc2)no1. The van der Waals surface area contributed by atoms with Gasteiger partial charge in [-0.05, 0) is 55.8 Å². The van der Waals surface area contributed by atoms with Crippen molar-refractivity contribution in [3.63, 3.8) is 0 Å². The number of benzene rings is 2. The molecule has 154 valence electrons. The standard InChI is InChI=1S/C20H17ClN4O3S2/c1-12-9-14(3-8-17(12)21)18-11-29-20(23-18)22-15-4-6-16(7-5-15)30(26,27)25-19-10-13(2)28-24-19/h3-11H,1-2H3,(H,22,23)(H,24,25). The second-order valence-corrected chi connectivity index (χ2v) is 9.53. The van der Waals surface area contributed by atoms with E-state index in [1.54, 1.807) is 19.1 Å². The molecule has 30 heavy (non-hydrogen) atoms. The maximum Gasteiger partial charge on any atom is 0.263 e. The van der Waals surface area contributed by atoms with E-state index in [1.807, 2.05) is 30.5 Å². The molecule has 4 rings (SSSR count). The van der Waals surface area contributed by atoms with Gasteiger partial charge < -0.3 is 9.84 Å². The quantitative estimate of drug-likeness (QED) is 0.388. The van der Waals surface area contributed by atoms with Gasteiger partial charge in [-0.1, -0.05) is 22.8 Å². The summed E-state index contributed by atoms with van der Waals surface area (Å²) in [5, 5.41) is 10.2. The zero-order chi connectivity index (χ0) is 21.3. The van der Waals surface area contributed by atoms with Crippen molar-refractivity contribution in [3.05, 3.63) is 70.3 Å². The lowest BCUT2D eigenvalue weighted by Gasteiger charge is -2.07. The van der Waals surface area contributed by atoms with Gasteiger partial charge in [0, 0.05) is 27.7 Å². The highest BCUT2D eigenvalue weighted by Crippen LogP contribution is 2.29. The molecular weight excluding hydrogens is 444 g/mol. The summed E-state index contributed by atoms with van der Waals surface area (Å²) in [5.74, 6) is 0.659. The largest absolute Gasteiger partial charge is 0.360 e. The van der Waals surface area contributed by atoms with Crippen LogP contribution in [0.5, 0.6) is 0 Å². The van der Waals surface area contributed by atoms with E-state index >= 15 is 0 Å². The number of rotatable bonds is 6. The van der Waals surface area contributed by atoms with Gasteiger partial charge >= 0.3 is 0 Å². The average Bonchev–Trinajstić information content (AvgIpc) is 3.33. The van der Waals surface area contributed by atoms with Gasteiger partial charge in [0.05, 0.1) is 10.6 Å². The van der Waals surface area contributed by atoms with E-state index in [2.05, 4.69) is 20.2 Å². The van der Waals surface area contributed by atoms with E-state index in [1.165, 1.54) is 29.5 Å². The smallest absolute Gasteiger partial charge is 0.263 e. The van der Waals surface area contributed by atoms with E-state index in [0.717, 1.165) is 27.5 Å². The number of thiazole rings is 1.